The second kappa shape index (κ2) is 5.01. The SMILES string of the molecule is CC1CCN(c2nc(C(N)C(=O)O)cs2)CC1. The maximum Gasteiger partial charge on any atom is 0.326 e. The quantitative estimate of drug-likeness (QED) is 0.855. The van der Waals surface area contributed by atoms with Gasteiger partial charge < -0.3 is 15.7 Å². The third kappa shape index (κ3) is 2.76. The molecule has 3 N–H and O–H groups in total. The molecule has 5 nitrogen and oxygen atoms in total. The number of hydrogen-bond donors (Lipinski definition) is 2. The molecule has 17 heavy (non-hydrogen) atoms. The molecule has 0 saturated carbocycles. The first-order chi connectivity index (χ1) is 8.08. The Morgan fingerprint density at radius 1 is 1.65 bits per heavy atom. The third-order valence-corrected chi connectivity index (χ3v) is 4.07. The molecule has 0 bridgehead atoms. The van der Waals surface area contributed by atoms with Crippen molar-refractivity contribution in [3.8, 4) is 0 Å². The van der Waals surface area contributed by atoms with Crippen molar-refractivity contribution in [3.63, 3.8) is 0 Å². The Labute approximate surface area is 104 Å². The van der Waals surface area contributed by atoms with Crippen LogP contribution < -0.4 is 10.6 Å². The van der Waals surface area contributed by atoms with E-state index in [1.54, 1.807) is 5.38 Å². The number of rotatable bonds is 3. The molecule has 6 heteroatoms. The van der Waals surface area contributed by atoms with E-state index in [9.17, 15) is 4.79 Å². The highest BCUT2D eigenvalue weighted by atomic mass is 32.1. The van der Waals surface area contributed by atoms with Crippen LogP contribution in [-0.2, 0) is 4.79 Å². The number of nitrogens with zero attached hydrogens (tertiary/aromatic N) is 2. The molecule has 1 saturated heterocycles. The van der Waals surface area contributed by atoms with Gasteiger partial charge in [-0.05, 0) is 18.8 Å². The highest BCUT2D eigenvalue weighted by molar-refractivity contribution is 7.13. The Kier molecular flexibility index (Phi) is 3.63. The molecule has 0 spiro atoms. The summed E-state index contributed by atoms with van der Waals surface area (Å²) in [6, 6.07) is -1.01. The van der Waals surface area contributed by atoms with Crippen LogP contribution in [0.4, 0.5) is 5.13 Å². The Morgan fingerprint density at radius 3 is 2.88 bits per heavy atom. The van der Waals surface area contributed by atoms with Gasteiger partial charge in [-0.25, -0.2) is 4.98 Å². The van der Waals surface area contributed by atoms with Crippen LogP contribution in [0.1, 0.15) is 31.5 Å². The molecule has 1 unspecified atom stereocenters. The zero-order valence-corrected chi connectivity index (χ0v) is 10.6. The van der Waals surface area contributed by atoms with Gasteiger partial charge in [0, 0.05) is 18.5 Å². The van der Waals surface area contributed by atoms with Gasteiger partial charge in [-0.1, -0.05) is 6.92 Å². The predicted molar refractivity (Wildman–Crippen MR) is 67.3 cm³/mol. The van der Waals surface area contributed by atoms with Crippen molar-refractivity contribution in [2.45, 2.75) is 25.8 Å². The summed E-state index contributed by atoms with van der Waals surface area (Å²) in [5.41, 5.74) is 5.98. The number of carbonyl (C=O) groups is 1. The molecule has 0 radical (unpaired) electrons. The van der Waals surface area contributed by atoms with Crippen molar-refractivity contribution in [1.29, 1.82) is 0 Å². The van der Waals surface area contributed by atoms with Crippen molar-refractivity contribution < 1.29 is 9.90 Å². The lowest BCUT2D eigenvalue weighted by molar-refractivity contribution is -0.138. The molecule has 1 aliphatic heterocycles. The van der Waals surface area contributed by atoms with E-state index in [0.717, 1.165) is 24.1 Å². The Bertz CT molecular complexity index is 399. The Morgan fingerprint density at radius 2 is 2.29 bits per heavy atom. The normalized spacial score (nSPS) is 19.3. The van der Waals surface area contributed by atoms with Gasteiger partial charge in [0.05, 0.1) is 5.69 Å². The van der Waals surface area contributed by atoms with E-state index in [1.165, 1.54) is 24.2 Å². The largest absolute Gasteiger partial charge is 0.480 e. The molecule has 2 heterocycles. The van der Waals surface area contributed by atoms with Gasteiger partial charge in [0.2, 0.25) is 0 Å². The van der Waals surface area contributed by atoms with Gasteiger partial charge in [0.1, 0.15) is 6.04 Å². The predicted octanol–water partition coefficient (Wildman–Crippen LogP) is 1.46. The first kappa shape index (κ1) is 12.3. The van der Waals surface area contributed by atoms with Crippen LogP contribution in [0, 0.1) is 5.92 Å². The number of carboxylic acid groups (broad SMARTS) is 1. The monoisotopic (exact) mass is 255 g/mol. The summed E-state index contributed by atoms with van der Waals surface area (Å²) in [7, 11) is 0. The number of aromatic nitrogens is 1. The minimum absolute atomic E-state index is 0.455. The van der Waals surface area contributed by atoms with Gasteiger partial charge in [0.15, 0.2) is 5.13 Å². The van der Waals surface area contributed by atoms with Crippen molar-refractivity contribution in [2.24, 2.45) is 11.7 Å². The summed E-state index contributed by atoms with van der Waals surface area (Å²) in [6.45, 7) is 4.25. The van der Waals surface area contributed by atoms with Crippen molar-refractivity contribution in [2.75, 3.05) is 18.0 Å². The highest BCUT2D eigenvalue weighted by Crippen LogP contribution is 2.27. The smallest absolute Gasteiger partial charge is 0.326 e. The molecule has 1 aromatic heterocycles. The summed E-state index contributed by atoms with van der Waals surface area (Å²) in [5, 5.41) is 11.5. The van der Waals surface area contributed by atoms with Crippen LogP contribution in [0.3, 0.4) is 0 Å². The summed E-state index contributed by atoms with van der Waals surface area (Å²) >= 11 is 1.47. The fourth-order valence-electron chi connectivity index (χ4n) is 1.89. The van der Waals surface area contributed by atoms with Crippen molar-refractivity contribution >= 4 is 22.4 Å². The second-order valence-corrected chi connectivity index (χ2v) is 5.38. The number of hydrogen-bond acceptors (Lipinski definition) is 5. The first-order valence-electron chi connectivity index (χ1n) is 5.76. The number of aliphatic carboxylic acids is 1. The molecule has 2 rings (SSSR count). The minimum Gasteiger partial charge on any atom is -0.480 e. The molecular weight excluding hydrogens is 238 g/mol. The molecule has 0 aromatic carbocycles. The fourth-order valence-corrected chi connectivity index (χ4v) is 2.81. The van der Waals surface area contributed by atoms with E-state index in [-0.39, 0.29) is 0 Å². The lowest BCUT2D eigenvalue weighted by Gasteiger charge is -2.29. The standard InChI is InChI=1S/C11H17N3O2S/c1-7-2-4-14(5-3-7)11-13-8(6-17-11)9(12)10(15)16/h6-7,9H,2-5,12H2,1H3,(H,15,16). The van der Waals surface area contributed by atoms with Crippen molar-refractivity contribution in [3.05, 3.63) is 11.1 Å². The van der Waals surface area contributed by atoms with E-state index < -0.39 is 12.0 Å². The number of nitrogens with two attached hydrogens (primary N) is 1. The fraction of sp³-hybridized carbons (Fsp3) is 0.636. The number of thiazole rings is 1. The minimum atomic E-state index is -1.03. The number of carboxylic acids is 1. The van der Waals surface area contributed by atoms with Crippen LogP contribution >= 0.6 is 11.3 Å². The summed E-state index contributed by atoms with van der Waals surface area (Å²) in [4.78, 5) is 17.3. The molecule has 0 amide bonds. The number of anilines is 1. The van der Waals surface area contributed by atoms with Gasteiger partial charge >= 0.3 is 5.97 Å². The van der Waals surface area contributed by atoms with E-state index in [2.05, 4.69) is 16.8 Å². The average molecular weight is 255 g/mol. The summed E-state index contributed by atoms with van der Waals surface area (Å²) < 4.78 is 0. The summed E-state index contributed by atoms with van der Waals surface area (Å²) in [6.07, 6.45) is 2.33. The maximum absolute atomic E-state index is 10.8. The van der Waals surface area contributed by atoms with Crippen LogP contribution in [0.5, 0.6) is 0 Å². The Hall–Kier alpha value is -1.14. The van der Waals surface area contributed by atoms with E-state index in [1.807, 2.05) is 0 Å². The van der Waals surface area contributed by atoms with Crippen LogP contribution in [0.15, 0.2) is 5.38 Å². The first-order valence-corrected chi connectivity index (χ1v) is 6.64. The molecular formula is C11H17N3O2S. The molecule has 1 aliphatic rings. The molecule has 1 atom stereocenters. The lowest BCUT2D eigenvalue weighted by Crippen LogP contribution is -2.32. The second-order valence-electron chi connectivity index (χ2n) is 4.54. The maximum atomic E-state index is 10.8. The van der Waals surface area contributed by atoms with Gasteiger partial charge in [-0.2, -0.15) is 0 Å². The Balaban J connectivity index is 2.05. The van der Waals surface area contributed by atoms with Gasteiger partial charge in [-0.15, -0.1) is 11.3 Å². The number of piperidine rings is 1. The van der Waals surface area contributed by atoms with Gasteiger partial charge in [-0.3, -0.25) is 4.79 Å². The summed E-state index contributed by atoms with van der Waals surface area (Å²) in [5.74, 6) is -0.263. The average Bonchev–Trinajstić information content (AvgIpc) is 2.78. The van der Waals surface area contributed by atoms with Crippen LogP contribution in [0.2, 0.25) is 0 Å². The van der Waals surface area contributed by atoms with Crippen LogP contribution in [0.25, 0.3) is 0 Å². The van der Waals surface area contributed by atoms with Crippen LogP contribution in [-0.4, -0.2) is 29.1 Å². The topological polar surface area (TPSA) is 79.5 Å². The molecule has 1 fully saturated rings. The highest BCUT2D eigenvalue weighted by Gasteiger charge is 2.22. The zero-order valence-electron chi connectivity index (χ0n) is 9.80. The third-order valence-electron chi connectivity index (χ3n) is 3.15. The van der Waals surface area contributed by atoms with Crippen molar-refractivity contribution in [1.82, 2.24) is 4.98 Å². The van der Waals surface area contributed by atoms with E-state index in [0.29, 0.717) is 5.69 Å². The molecule has 1 aromatic rings. The van der Waals surface area contributed by atoms with E-state index >= 15 is 0 Å². The molecule has 0 aliphatic carbocycles. The molecule has 94 valence electrons. The lowest BCUT2D eigenvalue weighted by atomic mass is 10.00. The van der Waals surface area contributed by atoms with Gasteiger partial charge in [0.25, 0.3) is 0 Å². The van der Waals surface area contributed by atoms with E-state index in [4.69, 9.17) is 10.8 Å². The zero-order chi connectivity index (χ0) is 12.4.